The van der Waals surface area contributed by atoms with Crippen molar-refractivity contribution in [1.29, 1.82) is 0 Å². The van der Waals surface area contributed by atoms with Crippen LogP contribution in [0.5, 0.6) is 11.5 Å². The summed E-state index contributed by atoms with van der Waals surface area (Å²) in [6.07, 6.45) is 4.39. The van der Waals surface area contributed by atoms with Gasteiger partial charge in [-0.1, -0.05) is 30.3 Å². The average Bonchev–Trinajstić information content (AvgIpc) is 2.95. The van der Waals surface area contributed by atoms with Crippen molar-refractivity contribution in [3.8, 4) is 11.5 Å². The zero-order chi connectivity index (χ0) is 16.8. The maximum absolute atomic E-state index is 6.25. The molecule has 0 fully saturated rings. The van der Waals surface area contributed by atoms with E-state index in [0.717, 1.165) is 23.0 Å². The fourth-order valence-corrected chi connectivity index (χ4v) is 2.75. The van der Waals surface area contributed by atoms with Crippen molar-refractivity contribution >= 4 is 29.6 Å². The minimum Gasteiger partial charge on any atom is -0.491 e. The van der Waals surface area contributed by atoms with Gasteiger partial charge in [0.1, 0.15) is 0 Å². The number of nitrogens with zero attached hydrogens (tertiary/aromatic N) is 4. The smallest absolute Gasteiger partial charge is 0.211 e. The van der Waals surface area contributed by atoms with Crippen molar-refractivity contribution < 1.29 is 9.47 Å². The summed E-state index contributed by atoms with van der Waals surface area (Å²) in [6.45, 7) is 4.44. The van der Waals surface area contributed by atoms with Crippen LogP contribution in [0.3, 0.4) is 0 Å². The van der Waals surface area contributed by atoms with Gasteiger partial charge in [-0.25, -0.2) is 0 Å². The van der Waals surface area contributed by atoms with E-state index in [0.29, 0.717) is 23.1 Å². The zero-order valence-electron chi connectivity index (χ0n) is 13.5. The highest BCUT2D eigenvalue weighted by Gasteiger charge is 2.12. The molecule has 1 aromatic heterocycles. The molecule has 124 valence electrons. The number of aryl methyl sites for hydroxylation is 1. The van der Waals surface area contributed by atoms with Gasteiger partial charge in [0, 0.05) is 6.42 Å². The van der Waals surface area contributed by atoms with Crippen molar-refractivity contribution in [2.45, 2.75) is 25.4 Å². The lowest BCUT2D eigenvalue weighted by molar-refractivity contribution is 0.311. The Morgan fingerprint density at radius 1 is 1.35 bits per heavy atom. The summed E-state index contributed by atoms with van der Waals surface area (Å²) in [5, 5.41) is 13.9. The number of methoxy groups -OCH3 is 1. The lowest BCUT2D eigenvalue weighted by Gasteiger charge is -2.11. The number of thioether (sulfide) groups is 1. The minimum absolute atomic E-state index is 0.476. The first-order chi connectivity index (χ1) is 11.1. The molecule has 6 nitrogen and oxygen atoms in total. The normalized spacial score (nSPS) is 11.2. The Bertz CT molecular complexity index is 682. The van der Waals surface area contributed by atoms with Crippen LogP contribution in [0.15, 0.2) is 22.4 Å². The molecule has 0 aliphatic rings. The molecule has 8 heteroatoms. The van der Waals surface area contributed by atoms with E-state index in [1.165, 1.54) is 11.8 Å². The van der Waals surface area contributed by atoms with Crippen LogP contribution in [-0.4, -0.2) is 41.1 Å². The molecule has 0 radical (unpaired) electrons. The third-order valence-corrected chi connectivity index (χ3v) is 3.93. The quantitative estimate of drug-likeness (QED) is 0.562. The Kier molecular flexibility index (Phi) is 6.29. The van der Waals surface area contributed by atoms with Gasteiger partial charge in [-0.2, -0.15) is 9.78 Å². The zero-order valence-corrected chi connectivity index (χ0v) is 15.1. The van der Waals surface area contributed by atoms with E-state index >= 15 is 0 Å². The molecule has 0 bridgehead atoms. The number of ether oxygens (including phenoxy) is 2. The lowest BCUT2D eigenvalue weighted by atomic mass is 10.2. The number of benzene rings is 1. The average molecular weight is 355 g/mol. The van der Waals surface area contributed by atoms with Gasteiger partial charge >= 0.3 is 0 Å². The molecule has 0 N–H and O–H groups in total. The van der Waals surface area contributed by atoms with Gasteiger partial charge in [0.15, 0.2) is 17.3 Å². The summed E-state index contributed by atoms with van der Waals surface area (Å²) in [4.78, 5) is 0. The monoisotopic (exact) mass is 354 g/mol. The standard InChI is InChI=1S/C15H19ClN4O2S/c1-5-13-18-19-15(23-4)20(13)17-9-10-7-11(16)14(21-3)12(8-10)22-6-2/h7-9H,5-6H2,1-4H3/b17-9-. The van der Waals surface area contributed by atoms with E-state index in [2.05, 4.69) is 15.3 Å². The highest BCUT2D eigenvalue weighted by molar-refractivity contribution is 7.98. The molecule has 2 aromatic rings. The molecule has 0 aliphatic carbocycles. The van der Waals surface area contributed by atoms with Crippen molar-refractivity contribution in [2.75, 3.05) is 20.0 Å². The maximum atomic E-state index is 6.25. The SMILES string of the molecule is CCOc1cc(/C=N\n2c(CC)nnc2SC)cc(Cl)c1OC. The number of rotatable bonds is 7. The van der Waals surface area contributed by atoms with E-state index in [4.69, 9.17) is 21.1 Å². The molecule has 2 rings (SSSR count). The van der Waals surface area contributed by atoms with Crippen molar-refractivity contribution in [3.63, 3.8) is 0 Å². The van der Waals surface area contributed by atoms with Crippen molar-refractivity contribution in [3.05, 3.63) is 28.5 Å². The third kappa shape index (κ3) is 3.97. The largest absolute Gasteiger partial charge is 0.491 e. The Morgan fingerprint density at radius 2 is 2.13 bits per heavy atom. The lowest BCUT2D eigenvalue weighted by Crippen LogP contribution is -2.00. The first-order valence-corrected chi connectivity index (χ1v) is 8.77. The molecule has 0 aliphatic heterocycles. The van der Waals surface area contributed by atoms with Gasteiger partial charge in [0.05, 0.1) is 25.0 Å². The van der Waals surface area contributed by atoms with Crippen LogP contribution >= 0.6 is 23.4 Å². The summed E-state index contributed by atoms with van der Waals surface area (Å²) in [5.74, 6) is 1.91. The van der Waals surface area contributed by atoms with E-state index in [1.807, 2.05) is 26.2 Å². The van der Waals surface area contributed by atoms with Crippen LogP contribution < -0.4 is 9.47 Å². The van der Waals surface area contributed by atoms with Gasteiger partial charge in [0.25, 0.3) is 0 Å². The molecule has 0 atom stereocenters. The highest BCUT2D eigenvalue weighted by Crippen LogP contribution is 2.35. The van der Waals surface area contributed by atoms with Crippen LogP contribution in [-0.2, 0) is 6.42 Å². The van der Waals surface area contributed by atoms with E-state index in [1.54, 1.807) is 24.1 Å². The summed E-state index contributed by atoms with van der Waals surface area (Å²) in [6, 6.07) is 3.62. The predicted octanol–water partition coefficient (Wildman–Crippen LogP) is 3.51. The fourth-order valence-electron chi connectivity index (χ4n) is 2.01. The summed E-state index contributed by atoms with van der Waals surface area (Å²) < 4.78 is 12.6. The molecule has 1 heterocycles. The molecule has 23 heavy (non-hydrogen) atoms. The van der Waals surface area contributed by atoms with Gasteiger partial charge in [-0.05, 0) is 30.9 Å². The molecular formula is C15H19ClN4O2S. The van der Waals surface area contributed by atoms with E-state index in [9.17, 15) is 0 Å². The van der Waals surface area contributed by atoms with Crippen molar-refractivity contribution in [1.82, 2.24) is 14.9 Å². The molecule has 0 unspecified atom stereocenters. The Labute approximate surface area is 144 Å². The van der Waals surface area contributed by atoms with E-state index in [-0.39, 0.29) is 0 Å². The topological polar surface area (TPSA) is 61.5 Å². The molecule has 1 aromatic carbocycles. The number of halogens is 1. The van der Waals surface area contributed by atoms with Crippen LogP contribution in [0.1, 0.15) is 25.2 Å². The third-order valence-electron chi connectivity index (χ3n) is 3.03. The first-order valence-electron chi connectivity index (χ1n) is 7.17. The summed E-state index contributed by atoms with van der Waals surface area (Å²) >= 11 is 7.74. The molecular weight excluding hydrogens is 336 g/mol. The van der Waals surface area contributed by atoms with Gasteiger partial charge in [-0.3, -0.25) is 0 Å². The second kappa shape index (κ2) is 8.21. The highest BCUT2D eigenvalue weighted by atomic mass is 35.5. The molecule has 0 saturated heterocycles. The second-order valence-corrected chi connectivity index (χ2v) is 5.66. The Balaban J connectivity index is 2.38. The first kappa shape index (κ1) is 17.6. The van der Waals surface area contributed by atoms with Gasteiger partial charge in [-0.15, -0.1) is 10.2 Å². The number of hydrogen-bond acceptors (Lipinski definition) is 6. The van der Waals surface area contributed by atoms with Crippen LogP contribution in [0.25, 0.3) is 0 Å². The van der Waals surface area contributed by atoms with Crippen LogP contribution in [0, 0.1) is 0 Å². The molecule has 0 amide bonds. The molecule has 0 spiro atoms. The van der Waals surface area contributed by atoms with Crippen LogP contribution in [0.2, 0.25) is 5.02 Å². The fraction of sp³-hybridized carbons (Fsp3) is 0.400. The van der Waals surface area contributed by atoms with E-state index < -0.39 is 0 Å². The van der Waals surface area contributed by atoms with Crippen molar-refractivity contribution in [2.24, 2.45) is 5.10 Å². The molecule has 0 saturated carbocycles. The Hall–Kier alpha value is -1.73. The summed E-state index contributed by atoms with van der Waals surface area (Å²) in [5.41, 5.74) is 0.807. The summed E-state index contributed by atoms with van der Waals surface area (Å²) in [7, 11) is 1.56. The van der Waals surface area contributed by atoms with Gasteiger partial charge < -0.3 is 9.47 Å². The number of hydrogen-bond donors (Lipinski definition) is 0. The Morgan fingerprint density at radius 3 is 2.74 bits per heavy atom. The minimum atomic E-state index is 0.476. The van der Waals surface area contributed by atoms with Gasteiger partial charge in [0.2, 0.25) is 5.16 Å². The van der Waals surface area contributed by atoms with Crippen LogP contribution in [0.4, 0.5) is 0 Å². The second-order valence-electron chi connectivity index (χ2n) is 4.48. The number of aromatic nitrogens is 3. The predicted molar refractivity (Wildman–Crippen MR) is 93.3 cm³/mol. The maximum Gasteiger partial charge on any atom is 0.211 e.